The lowest BCUT2D eigenvalue weighted by atomic mass is 9.78. The van der Waals surface area contributed by atoms with Crippen molar-refractivity contribution in [2.45, 2.75) is 44.8 Å². The Bertz CT molecular complexity index is 206. The molecule has 2 nitrogen and oxygen atoms in total. The van der Waals surface area contributed by atoms with Gasteiger partial charge in [0.2, 0.25) is 0 Å². The van der Waals surface area contributed by atoms with Gasteiger partial charge in [-0.1, -0.05) is 19.8 Å². The highest BCUT2D eigenvalue weighted by atomic mass is 19.4. The van der Waals surface area contributed by atoms with Gasteiger partial charge in [0, 0.05) is 12.6 Å². The van der Waals surface area contributed by atoms with Crippen molar-refractivity contribution in [3.8, 4) is 0 Å². The molecule has 0 bridgehead atoms. The minimum Gasteiger partial charge on any atom is -0.329 e. The summed E-state index contributed by atoms with van der Waals surface area (Å²) in [6, 6.07) is -0.190. The number of hydrogen-bond acceptors (Lipinski definition) is 2. The van der Waals surface area contributed by atoms with Gasteiger partial charge in [0.05, 0.1) is 6.54 Å². The van der Waals surface area contributed by atoms with Crippen molar-refractivity contribution in [2.75, 3.05) is 13.1 Å². The van der Waals surface area contributed by atoms with E-state index >= 15 is 0 Å². The molecule has 1 fully saturated rings. The van der Waals surface area contributed by atoms with E-state index in [0.717, 1.165) is 19.3 Å². The van der Waals surface area contributed by atoms with Gasteiger partial charge in [-0.2, -0.15) is 13.2 Å². The van der Waals surface area contributed by atoms with Gasteiger partial charge in [-0.15, -0.1) is 0 Å². The van der Waals surface area contributed by atoms with E-state index in [0.29, 0.717) is 11.8 Å². The van der Waals surface area contributed by atoms with Crippen LogP contribution >= 0.6 is 0 Å². The zero-order valence-corrected chi connectivity index (χ0v) is 9.69. The first-order chi connectivity index (χ1) is 7.42. The molecule has 1 saturated carbocycles. The summed E-state index contributed by atoms with van der Waals surface area (Å²) >= 11 is 0. The number of nitrogens with one attached hydrogen (secondary N) is 1. The van der Waals surface area contributed by atoms with E-state index in [1.54, 1.807) is 0 Å². The highest BCUT2D eigenvalue weighted by molar-refractivity contribution is 4.82. The molecule has 0 aliphatic heterocycles. The summed E-state index contributed by atoms with van der Waals surface area (Å²) in [5, 5.41) is 2.55. The third-order valence-corrected chi connectivity index (χ3v) is 3.36. The molecule has 3 atom stereocenters. The molecule has 0 aromatic rings. The molecule has 96 valence electrons. The van der Waals surface area contributed by atoms with Gasteiger partial charge in [0.1, 0.15) is 0 Å². The maximum atomic E-state index is 12.1. The Balaban J connectivity index is 2.40. The Morgan fingerprint density at radius 2 is 2.06 bits per heavy atom. The van der Waals surface area contributed by atoms with E-state index in [1.807, 2.05) is 0 Å². The Morgan fingerprint density at radius 1 is 1.38 bits per heavy atom. The molecule has 1 aliphatic rings. The van der Waals surface area contributed by atoms with Gasteiger partial charge >= 0.3 is 6.18 Å². The van der Waals surface area contributed by atoms with E-state index in [2.05, 4.69) is 12.2 Å². The second-order valence-electron chi connectivity index (χ2n) is 4.87. The first-order valence-electron chi connectivity index (χ1n) is 5.92. The van der Waals surface area contributed by atoms with Gasteiger partial charge in [0.25, 0.3) is 0 Å². The summed E-state index contributed by atoms with van der Waals surface area (Å²) in [5.74, 6) is 0.914. The van der Waals surface area contributed by atoms with Gasteiger partial charge in [-0.25, -0.2) is 0 Å². The van der Waals surface area contributed by atoms with Crippen LogP contribution in [0.25, 0.3) is 0 Å². The predicted molar refractivity (Wildman–Crippen MR) is 58.0 cm³/mol. The molecule has 0 spiro atoms. The smallest absolute Gasteiger partial charge is 0.329 e. The number of hydrogen-bond donors (Lipinski definition) is 2. The van der Waals surface area contributed by atoms with Gasteiger partial charge in [-0.3, -0.25) is 0 Å². The van der Waals surface area contributed by atoms with Crippen LogP contribution in [0.1, 0.15) is 32.6 Å². The second-order valence-corrected chi connectivity index (χ2v) is 4.87. The highest BCUT2D eigenvalue weighted by Crippen LogP contribution is 2.30. The van der Waals surface area contributed by atoms with Crippen LogP contribution in [0.4, 0.5) is 13.2 Å². The van der Waals surface area contributed by atoms with Crippen LogP contribution in [0.5, 0.6) is 0 Å². The Kier molecular flexibility index (Phi) is 5.05. The average molecular weight is 238 g/mol. The van der Waals surface area contributed by atoms with Crippen molar-refractivity contribution in [2.24, 2.45) is 17.6 Å². The van der Waals surface area contributed by atoms with Gasteiger partial charge < -0.3 is 11.1 Å². The van der Waals surface area contributed by atoms with E-state index in [9.17, 15) is 13.2 Å². The molecule has 0 radical (unpaired) electrons. The number of halogens is 3. The molecule has 0 amide bonds. The Labute approximate surface area is 94.8 Å². The van der Waals surface area contributed by atoms with Crippen molar-refractivity contribution in [3.63, 3.8) is 0 Å². The summed E-state index contributed by atoms with van der Waals surface area (Å²) in [7, 11) is 0. The summed E-state index contributed by atoms with van der Waals surface area (Å²) in [6.45, 7) is 1.51. The summed E-state index contributed by atoms with van der Waals surface area (Å²) < 4.78 is 36.3. The van der Waals surface area contributed by atoms with Gasteiger partial charge in [-0.05, 0) is 24.7 Å². The zero-order valence-electron chi connectivity index (χ0n) is 9.69. The normalized spacial score (nSPS) is 29.1. The fraction of sp³-hybridized carbons (Fsp3) is 1.00. The van der Waals surface area contributed by atoms with E-state index in [4.69, 9.17) is 5.73 Å². The molecule has 0 heterocycles. The molecular formula is C11H21F3N2. The van der Waals surface area contributed by atoms with Crippen molar-refractivity contribution in [3.05, 3.63) is 0 Å². The SMILES string of the molecule is CC1CCCC(C(CN)NCC(F)(F)F)C1. The summed E-state index contributed by atoms with van der Waals surface area (Å²) in [4.78, 5) is 0. The van der Waals surface area contributed by atoms with Crippen LogP contribution in [-0.2, 0) is 0 Å². The Morgan fingerprint density at radius 3 is 2.56 bits per heavy atom. The van der Waals surface area contributed by atoms with E-state index < -0.39 is 12.7 Å². The molecule has 16 heavy (non-hydrogen) atoms. The molecule has 5 heteroatoms. The minimum absolute atomic E-state index is 0.190. The fourth-order valence-corrected chi connectivity index (χ4v) is 2.54. The van der Waals surface area contributed by atoms with Crippen LogP contribution in [-0.4, -0.2) is 25.3 Å². The molecule has 3 N–H and O–H groups in total. The van der Waals surface area contributed by atoms with Crippen molar-refractivity contribution in [1.29, 1.82) is 0 Å². The Hall–Kier alpha value is -0.290. The molecule has 0 aromatic heterocycles. The monoisotopic (exact) mass is 238 g/mol. The molecule has 3 unspecified atom stereocenters. The predicted octanol–water partition coefficient (Wildman–Crippen LogP) is 2.29. The van der Waals surface area contributed by atoms with Crippen LogP contribution in [0.2, 0.25) is 0 Å². The molecule has 1 rings (SSSR count). The van der Waals surface area contributed by atoms with E-state index in [-0.39, 0.29) is 12.6 Å². The molecule has 0 aromatic carbocycles. The van der Waals surface area contributed by atoms with Gasteiger partial charge in [0.15, 0.2) is 0 Å². The zero-order chi connectivity index (χ0) is 12.2. The lowest BCUT2D eigenvalue weighted by Crippen LogP contribution is -2.47. The van der Waals surface area contributed by atoms with Crippen LogP contribution in [0.15, 0.2) is 0 Å². The lowest BCUT2D eigenvalue weighted by molar-refractivity contribution is -0.127. The standard InChI is InChI=1S/C11H21F3N2/c1-8-3-2-4-9(5-8)10(6-15)16-7-11(12,13)14/h8-10,16H,2-7,15H2,1H3. The number of rotatable bonds is 4. The lowest BCUT2D eigenvalue weighted by Gasteiger charge is -2.33. The molecule has 1 aliphatic carbocycles. The summed E-state index contributed by atoms with van der Waals surface area (Å²) in [5.41, 5.74) is 5.55. The first-order valence-corrected chi connectivity index (χ1v) is 5.92. The molecular weight excluding hydrogens is 217 g/mol. The molecule has 0 saturated heterocycles. The van der Waals surface area contributed by atoms with Crippen molar-refractivity contribution in [1.82, 2.24) is 5.32 Å². The van der Waals surface area contributed by atoms with Crippen LogP contribution < -0.4 is 11.1 Å². The first kappa shape index (κ1) is 13.8. The third kappa shape index (κ3) is 4.70. The number of alkyl halides is 3. The van der Waals surface area contributed by atoms with Crippen LogP contribution in [0, 0.1) is 11.8 Å². The fourth-order valence-electron chi connectivity index (χ4n) is 2.54. The highest BCUT2D eigenvalue weighted by Gasteiger charge is 2.31. The number of nitrogens with two attached hydrogens (primary N) is 1. The second kappa shape index (κ2) is 5.87. The third-order valence-electron chi connectivity index (χ3n) is 3.36. The summed E-state index contributed by atoms with van der Waals surface area (Å²) in [6.07, 6.45) is 0.139. The average Bonchev–Trinajstić information content (AvgIpc) is 2.17. The quantitative estimate of drug-likeness (QED) is 0.788. The van der Waals surface area contributed by atoms with Crippen molar-refractivity contribution >= 4 is 0 Å². The van der Waals surface area contributed by atoms with Crippen molar-refractivity contribution < 1.29 is 13.2 Å². The largest absolute Gasteiger partial charge is 0.401 e. The van der Waals surface area contributed by atoms with Crippen LogP contribution in [0.3, 0.4) is 0 Å². The van der Waals surface area contributed by atoms with E-state index in [1.165, 1.54) is 6.42 Å². The topological polar surface area (TPSA) is 38.0 Å². The maximum absolute atomic E-state index is 12.1. The minimum atomic E-state index is -4.15. The maximum Gasteiger partial charge on any atom is 0.401 e.